The van der Waals surface area contributed by atoms with Crippen LogP contribution in [0.4, 0.5) is 18.9 Å². The van der Waals surface area contributed by atoms with Gasteiger partial charge < -0.3 is 4.90 Å². The highest BCUT2D eigenvalue weighted by molar-refractivity contribution is 7.92. The molecule has 0 N–H and O–H groups in total. The molecule has 3 aromatic rings. The van der Waals surface area contributed by atoms with Crippen molar-refractivity contribution in [3.05, 3.63) is 95.6 Å². The molecule has 0 unspecified atom stereocenters. The number of para-hydroxylation sites is 1. The summed E-state index contributed by atoms with van der Waals surface area (Å²) in [7, 11) is -2.46. The number of hydrogen-bond donors (Lipinski definition) is 0. The van der Waals surface area contributed by atoms with Gasteiger partial charge in [0, 0.05) is 25.2 Å². The normalized spacial score (nSPS) is 14.0. The van der Waals surface area contributed by atoms with Crippen molar-refractivity contribution in [2.24, 2.45) is 0 Å². The van der Waals surface area contributed by atoms with Crippen LogP contribution in [0.3, 0.4) is 0 Å². The number of rotatable bonds is 7. The molecule has 1 aliphatic carbocycles. The Labute approximate surface area is 196 Å². The fraction of sp³-hybridized carbons (Fsp3) is 0.240. The highest BCUT2D eigenvalue weighted by Gasteiger charge is 2.34. The molecule has 4 rings (SSSR count). The summed E-state index contributed by atoms with van der Waals surface area (Å²) < 4.78 is 66.0. The average Bonchev–Trinajstić information content (AvgIpc) is 3.67. The van der Waals surface area contributed by atoms with Crippen LogP contribution in [-0.2, 0) is 22.7 Å². The van der Waals surface area contributed by atoms with Crippen LogP contribution in [0.5, 0.6) is 0 Å². The molecule has 0 radical (unpaired) electrons. The van der Waals surface area contributed by atoms with Gasteiger partial charge in [-0.3, -0.25) is 9.10 Å². The molecule has 1 saturated carbocycles. The molecule has 0 heterocycles. The number of amides is 1. The second kappa shape index (κ2) is 9.13. The lowest BCUT2D eigenvalue weighted by molar-refractivity contribution is -0.137. The predicted molar refractivity (Wildman–Crippen MR) is 123 cm³/mol. The van der Waals surface area contributed by atoms with Gasteiger partial charge in [-0.2, -0.15) is 13.2 Å². The lowest BCUT2D eigenvalue weighted by Gasteiger charge is -2.24. The summed E-state index contributed by atoms with van der Waals surface area (Å²) in [6.07, 6.45) is -2.84. The Hall–Kier alpha value is -3.33. The van der Waals surface area contributed by atoms with Gasteiger partial charge in [-0.15, -0.1) is 0 Å². The molecular weight excluding hydrogens is 465 g/mol. The molecule has 3 aromatic carbocycles. The minimum Gasteiger partial charge on any atom is -0.331 e. The average molecular weight is 489 g/mol. The van der Waals surface area contributed by atoms with Crippen molar-refractivity contribution in [3.8, 4) is 0 Å². The van der Waals surface area contributed by atoms with Crippen molar-refractivity contribution in [1.29, 1.82) is 0 Å². The van der Waals surface area contributed by atoms with E-state index in [0.717, 1.165) is 29.3 Å². The van der Waals surface area contributed by atoms with Gasteiger partial charge in [-0.1, -0.05) is 36.4 Å². The van der Waals surface area contributed by atoms with Crippen molar-refractivity contribution < 1.29 is 26.4 Å². The summed E-state index contributed by atoms with van der Waals surface area (Å²) in [5, 5.41) is 0. The summed E-state index contributed by atoms with van der Waals surface area (Å²) in [6, 6.07) is 19.1. The zero-order valence-electron chi connectivity index (χ0n) is 18.4. The molecule has 0 bridgehead atoms. The number of halogens is 3. The van der Waals surface area contributed by atoms with E-state index in [1.165, 1.54) is 37.4 Å². The lowest BCUT2D eigenvalue weighted by Crippen LogP contribution is -2.33. The fourth-order valence-electron chi connectivity index (χ4n) is 3.64. The van der Waals surface area contributed by atoms with E-state index in [-0.39, 0.29) is 29.0 Å². The maximum Gasteiger partial charge on any atom is 0.416 e. The number of anilines is 1. The van der Waals surface area contributed by atoms with Crippen LogP contribution in [0.25, 0.3) is 0 Å². The highest BCUT2D eigenvalue weighted by Crippen LogP contribution is 2.32. The first-order chi connectivity index (χ1) is 16.1. The Balaban J connectivity index is 1.57. The number of sulfonamides is 1. The smallest absolute Gasteiger partial charge is 0.331 e. The molecule has 1 aliphatic rings. The van der Waals surface area contributed by atoms with Crippen molar-refractivity contribution in [3.63, 3.8) is 0 Å². The molecule has 9 heteroatoms. The van der Waals surface area contributed by atoms with Crippen LogP contribution >= 0.6 is 0 Å². The summed E-state index contributed by atoms with van der Waals surface area (Å²) in [5.74, 6) is -0.359. The molecule has 0 aliphatic heterocycles. The van der Waals surface area contributed by atoms with Gasteiger partial charge in [-0.05, 0) is 60.9 Å². The third kappa shape index (κ3) is 5.09. The third-order valence-electron chi connectivity index (χ3n) is 5.74. The molecule has 1 amide bonds. The molecule has 34 heavy (non-hydrogen) atoms. The van der Waals surface area contributed by atoms with Gasteiger partial charge in [0.2, 0.25) is 0 Å². The van der Waals surface area contributed by atoms with Gasteiger partial charge in [0.25, 0.3) is 15.9 Å². The SMILES string of the molecule is CN(c1ccccc1)S(=O)(=O)c1cccc(C(=O)N(Cc2ccc(C(F)(F)F)cc2)C2CC2)c1. The van der Waals surface area contributed by atoms with E-state index in [0.29, 0.717) is 11.3 Å². The number of alkyl halides is 3. The lowest BCUT2D eigenvalue weighted by atomic mass is 10.1. The Morgan fingerprint density at radius 1 is 0.941 bits per heavy atom. The molecule has 0 atom stereocenters. The quantitative estimate of drug-likeness (QED) is 0.451. The maximum absolute atomic E-state index is 13.3. The first-order valence-electron chi connectivity index (χ1n) is 10.7. The zero-order valence-corrected chi connectivity index (χ0v) is 19.2. The predicted octanol–water partition coefficient (Wildman–Crippen LogP) is 5.34. The first kappa shape index (κ1) is 23.8. The minimum absolute atomic E-state index is 0.0185. The van der Waals surface area contributed by atoms with E-state index in [4.69, 9.17) is 0 Å². The standard InChI is InChI=1S/C25H23F3N2O3S/c1-29(21-7-3-2-4-8-21)34(32,33)23-9-5-6-19(16-23)24(31)30(22-14-15-22)17-18-10-12-20(13-11-18)25(26,27)28/h2-13,16,22H,14-15,17H2,1H3. The maximum atomic E-state index is 13.3. The van der Waals surface area contributed by atoms with E-state index < -0.39 is 21.8 Å². The fourth-order valence-corrected chi connectivity index (χ4v) is 4.88. The van der Waals surface area contributed by atoms with Gasteiger partial charge in [0.05, 0.1) is 16.1 Å². The van der Waals surface area contributed by atoms with Crippen LogP contribution < -0.4 is 4.31 Å². The van der Waals surface area contributed by atoms with E-state index in [9.17, 15) is 26.4 Å². The molecular formula is C25H23F3N2O3S. The van der Waals surface area contributed by atoms with Crippen LogP contribution in [0.15, 0.2) is 83.8 Å². The van der Waals surface area contributed by atoms with Gasteiger partial charge in [0.1, 0.15) is 0 Å². The van der Waals surface area contributed by atoms with Gasteiger partial charge in [0.15, 0.2) is 0 Å². The van der Waals surface area contributed by atoms with Crippen molar-refractivity contribution in [1.82, 2.24) is 4.90 Å². The minimum atomic E-state index is -4.43. The molecule has 0 saturated heterocycles. The topological polar surface area (TPSA) is 57.7 Å². The molecule has 5 nitrogen and oxygen atoms in total. The van der Waals surface area contributed by atoms with Gasteiger partial charge in [-0.25, -0.2) is 8.42 Å². The largest absolute Gasteiger partial charge is 0.416 e. The van der Waals surface area contributed by atoms with Crippen molar-refractivity contribution in [2.75, 3.05) is 11.4 Å². The number of hydrogen-bond acceptors (Lipinski definition) is 3. The van der Waals surface area contributed by atoms with E-state index in [1.54, 1.807) is 41.3 Å². The Kier molecular flexibility index (Phi) is 6.40. The van der Waals surface area contributed by atoms with Crippen molar-refractivity contribution >= 4 is 21.6 Å². The van der Waals surface area contributed by atoms with Crippen LogP contribution in [0, 0.1) is 0 Å². The highest BCUT2D eigenvalue weighted by atomic mass is 32.2. The Bertz CT molecular complexity index is 1270. The summed E-state index contributed by atoms with van der Waals surface area (Å²) >= 11 is 0. The molecule has 0 spiro atoms. The monoisotopic (exact) mass is 488 g/mol. The van der Waals surface area contributed by atoms with Crippen molar-refractivity contribution in [2.45, 2.75) is 36.5 Å². The summed E-state index contributed by atoms with van der Waals surface area (Å²) in [4.78, 5) is 14.9. The first-order valence-corrected chi connectivity index (χ1v) is 12.1. The van der Waals surface area contributed by atoms with E-state index >= 15 is 0 Å². The Morgan fingerprint density at radius 3 is 2.18 bits per heavy atom. The summed E-state index contributed by atoms with van der Waals surface area (Å²) in [6.45, 7) is 0.141. The third-order valence-corrected chi connectivity index (χ3v) is 7.52. The summed E-state index contributed by atoms with van der Waals surface area (Å²) in [5.41, 5.74) is 0.518. The number of benzene rings is 3. The van der Waals surface area contributed by atoms with Crippen LogP contribution in [-0.4, -0.2) is 32.3 Å². The number of carbonyl (C=O) groups excluding carboxylic acids is 1. The zero-order chi connectivity index (χ0) is 24.5. The van der Waals surface area contributed by atoms with E-state index in [1.807, 2.05) is 0 Å². The Morgan fingerprint density at radius 2 is 1.59 bits per heavy atom. The van der Waals surface area contributed by atoms with E-state index in [2.05, 4.69) is 0 Å². The van der Waals surface area contributed by atoms with Crippen LogP contribution in [0.2, 0.25) is 0 Å². The van der Waals surface area contributed by atoms with Crippen LogP contribution in [0.1, 0.15) is 34.3 Å². The number of carbonyl (C=O) groups is 1. The second-order valence-corrected chi connectivity index (χ2v) is 10.2. The molecule has 0 aromatic heterocycles. The van der Waals surface area contributed by atoms with Gasteiger partial charge >= 0.3 is 6.18 Å². The molecule has 178 valence electrons. The number of nitrogens with zero attached hydrogens (tertiary/aromatic N) is 2. The second-order valence-electron chi connectivity index (χ2n) is 8.19. The molecule has 1 fully saturated rings.